The van der Waals surface area contributed by atoms with Crippen molar-refractivity contribution in [3.8, 4) is 0 Å². The molecule has 0 heterocycles. The molecule has 0 bridgehead atoms. The molecule has 0 spiro atoms. The van der Waals surface area contributed by atoms with Crippen molar-refractivity contribution < 1.29 is 18.3 Å². The first kappa shape index (κ1) is 20.1. The quantitative estimate of drug-likeness (QED) is 0.200. The molecule has 0 aromatic carbocycles. The molecule has 0 aliphatic heterocycles. The lowest BCUT2D eigenvalue weighted by Gasteiger charge is -2.25. The summed E-state index contributed by atoms with van der Waals surface area (Å²) in [7, 11) is 1.00. The SMILES string of the molecule is CCCCCCCCCC(I)C(C)C(F)(F)C(=O)OC. The molecular weight excluding hydrogens is 377 g/mol. The van der Waals surface area contributed by atoms with Crippen molar-refractivity contribution in [1.29, 1.82) is 0 Å². The summed E-state index contributed by atoms with van der Waals surface area (Å²) in [6, 6.07) is 0. The summed E-state index contributed by atoms with van der Waals surface area (Å²) in [5.41, 5.74) is 0. The molecule has 0 saturated carbocycles. The third-order valence-electron chi connectivity index (χ3n) is 3.66. The molecule has 0 fully saturated rings. The lowest BCUT2D eigenvalue weighted by molar-refractivity contribution is -0.176. The zero-order chi connectivity index (χ0) is 15.6. The number of alkyl halides is 3. The average Bonchev–Trinajstić information content (AvgIpc) is 2.44. The number of halogens is 3. The third-order valence-corrected chi connectivity index (χ3v) is 5.36. The molecule has 0 radical (unpaired) electrons. The summed E-state index contributed by atoms with van der Waals surface area (Å²) in [5.74, 6) is -5.80. The van der Waals surface area contributed by atoms with E-state index in [1.54, 1.807) is 0 Å². The molecule has 5 heteroatoms. The van der Waals surface area contributed by atoms with Crippen LogP contribution in [0.1, 0.15) is 65.2 Å². The predicted octanol–water partition coefficient (Wildman–Crippen LogP) is 5.38. The summed E-state index contributed by atoms with van der Waals surface area (Å²) in [6.07, 6.45) is 8.93. The van der Waals surface area contributed by atoms with Gasteiger partial charge in [-0.2, -0.15) is 8.78 Å². The van der Waals surface area contributed by atoms with E-state index in [-0.39, 0.29) is 3.92 Å². The number of rotatable bonds is 11. The second-order valence-electron chi connectivity index (χ2n) is 5.33. The summed E-state index contributed by atoms with van der Waals surface area (Å²) in [6.45, 7) is 3.61. The van der Waals surface area contributed by atoms with Gasteiger partial charge in [-0.05, 0) is 6.42 Å². The average molecular weight is 404 g/mol. The number of methoxy groups -OCH3 is 1. The Morgan fingerprint density at radius 1 is 1.15 bits per heavy atom. The highest BCUT2D eigenvalue weighted by Gasteiger charge is 2.48. The largest absolute Gasteiger partial charge is 0.465 e. The van der Waals surface area contributed by atoms with Gasteiger partial charge in [0.05, 0.1) is 7.11 Å². The number of unbranched alkanes of at least 4 members (excludes halogenated alkanes) is 6. The van der Waals surface area contributed by atoms with E-state index < -0.39 is 17.8 Å². The van der Waals surface area contributed by atoms with E-state index in [1.807, 2.05) is 22.6 Å². The first-order valence-electron chi connectivity index (χ1n) is 7.48. The Labute approximate surface area is 135 Å². The zero-order valence-electron chi connectivity index (χ0n) is 12.8. The Kier molecular flexibility index (Phi) is 10.8. The molecule has 2 atom stereocenters. The molecule has 0 N–H and O–H groups in total. The van der Waals surface area contributed by atoms with Crippen molar-refractivity contribution in [3.05, 3.63) is 0 Å². The minimum atomic E-state index is -3.39. The number of carbonyl (C=O) groups is 1. The predicted molar refractivity (Wildman–Crippen MR) is 86.5 cm³/mol. The molecule has 0 rings (SSSR count). The van der Waals surface area contributed by atoms with Crippen LogP contribution in [-0.4, -0.2) is 22.9 Å². The minimum absolute atomic E-state index is 0.211. The van der Waals surface area contributed by atoms with Crippen LogP contribution in [0.5, 0.6) is 0 Å². The zero-order valence-corrected chi connectivity index (χ0v) is 14.9. The fourth-order valence-corrected chi connectivity index (χ4v) is 2.99. The fraction of sp³-hybridized carbons (Fsp3) is 0.933. The number of carbonyl (C=O) groups excluding carboxylic acids is 1. The van der Waals surface area contributed by atoms with Gasteiger partial charge in [0.1, 0.15) is 0 Å². The standard InChI is InChI=1S/C15H27F2IO2/c1-4-5-6-7-8-9-10-11-13(18)12(2)15(16,17)14(19)20-3/h12-13H,4-11H2,1-3H3. The molecule has 0 aliphatic rings. The lowest BCUT2D eigenvalue weighted by Crippen LogP contribution is -2.40. The van der Waals surface area contributed by atoms with Crippen LogP contribution in [0.2, 0.25) is 0 Å². The molecule has 0 saturated heterocycles. The molecule has 0 aromatic rings. The van der Waals surface area contributed by atoms with Crippen LogP contribution >= 0.6 is 22.6 Å². The van der Waals surface area contributed by atoms with Crippen LogP contribution in [0.15, 0.2) is 0 Å². The molecule has 20 heavy (non-hydrogen) atoms. The highest BCUT2D eigenvalue weighted by atomic mass is 127. The number of esters is 1. The van der Waals surface area contributed by atoms with E-state index in [4.69, 9.17) is 0 Å². The van der Waals surface area contributed by atoms with Crippen LogP contribution in [0.25, 0.3) is 0 Å². The first-order valence-corrected chi connectivity index (χ1v) is 8.72. The Bertz CT molecular complexity index is 273. The van der Waals surface area contributed by atoms with E-state index >= 15 is 0 Å². The van der Waals surface area contributed by atoms with Gasteiger partial charge in [0.15, 0.2) is 0 Å². The second kappa shape index (κ2) is 10.7. The van der Waals surface area contributed by atoms with Crippen molar-refractivity contribution in [2.75, 3.05) is 7.11 Å². The maximum absolute atomic E-state index is 13.7. The first-order chi connectivity index (χ1) is 9.37. The Morgan fingerprint density at radius 3 is 2.15 bits per heavy atom. The maximum Gasteiger partial charge on any atom is 0.377 e. The summed E-state index contributed by atoms with van der Waals surface area (Å²) >= 11 is 2.03. The van der Waals surface area contributed by atoms with Crippen LogP contribution in [-0.2, 0) is 9.53 Å². The van der Waals surface area contributed by atoms with Crippen molar-refractivity contribution in [2.24, 2.45) is 5.92 Å². The molecule has 2 nitrogen and oxygen atoms in total. The van der Waals surface area contributed by atoms with E-state index in [9.17, 15) is 13.6 Å². The second-order valence-corrected chi connectivity index (χ2v) is 6.93. The Hall–Kier alpha value is 0.0600. The van der Waals surface area contributed by atoms with Crippen LogP contribution < -0.4 is 0 Å². The highest BCUT2D eigenvalue weighted by Crippen LogP contribution is 2.34. The van der Waals surface area contributed by atoms with Gasteiger partial charge in [-0.25, -0.2) is 4.79 Å². The smallest absolute Gasteiger partial charge is 0.377 e. The normalized spacial score (nSPS) is 14.9. The minimum Gasteiger partial charge on any atom is -0.465 e. The van der Waals surface area contributed by atoms with Gasteiger partial charge in [-0.15, -0.1) is 0 Å². The number of hydrogen-bond acceptors (Lipinski definition) is 2. The van der Waals surface area contributed by atoms with Gasteiger partial charge in [-0.3, -0.25) is 0 Å². The molecule has 0 amide bonds. The van der Waals surface area contributed by atoms with E-state index in [2.05, 4.69) is 11.7 Å². The van der Waals surface area contributed by atoms with E-state index in [0.29, 0.717) is 0 Å². The van der Waals surface area contributed by atoms with Gasteiger partial charge in [0.25, 0.3) is 0 Å². The monoisotopic (exact) mass is 404 g/mol. The Balaban J connectivity index is 3.91. The van der Waals surface area contributed by atoms with Crippen LogP contribution in [0, 0.1) is 5.92 Å². The molecule has 0 aromatic heterocycles. The molecular formula is C15H27F2IO2. The van der Waals surface area contributed by atoms with Crippen molar-refractivity contribution in [1.82, 2.24) is 0 Å². The van der Waals surface area contributed by atoms with Gasteiger partial charge in [0, 0.05) is 9.84 Å². The summed E-state index contributed by atoms with van der Waals surface area (Å²) in [5, 5.41) is 0. The van der Waals surface area contributed by atoms with Crippen molar-refractivity contribution in [3.63, 3.8) is 0 Å². The van der Waals surface area contributed by atoms with Crippen molar-refractivity contribution >= 4 is 28.6 Å². The lowest BCUT2D eigenvalue weighted by atomic mass is 9.95. The number of ether oxygens (including phenoxy) is 1. The number of hydrogen-bond donors (Lipinski definition) is 0. The topological polar surface area (TPSA) is 26.3 Å². The van der Waals surface area contributed by atoms with Crippen LogP contribution in [0.4, 0.5) is 8.78 Å². The fourth-order valence-electron chi connectivity index (χ4n) is 2.10. The maximum atomic E-state index is 13.7. The third kappa shape index (κ3) is 7.18. The molecule has 2 unspecified atom stereocenters. The summed E-state index contributed by atoms with van der Waals surface area (Å²) in [4.78, 5) is 11.1. The highest BCUT2D eigenvalue weighted by molar-refractivity contribution is 14.1. The van der Waals surface area contributed by atoms with Crippen molar-refractivity contribution in [2.45, 2.75) is 75.1 Å². The molecule has 0 aliphatic carbocycles. The van der Waals surface area contributed by atoms with E-state index in [0.717, 1.165) is 26.4 Å². The van der Waals surface area contributed by atoms with Gasteiger partial charge >= 0.3 is 11.9 Å². The van der Waals surface area contributed by atoms with Crippen LogP contribution in [0.3, 0.4) is 0 Å². The summed E-state index contributed by atoms with van der Waals surface area (Å²) < 4.78 is 31.4. The van der Waals surface area contributed by atoms with E-state index in [1.165, 1.54) is 39.0 Å². The van der Waals surface area contributed by atoms with Gasteiger partial charge in [-0.1, -0.05) is 81.4 Å². The van der Waals surface area contributed by atoms with Gasteiger partial charge < -0.3 is 4.74 Å². The molecule has 120 valence electrons. The Morgan fingerprint density at radius 2 is 1.65 bits per heavy atom. The van der Waals surface area contributed by atoms with Gasteiger partial charge in [0.2, 0.25) is 0 Å².